The van der Waals surface area contributed by atoms with E-state index in [2.05, 4.69) is 11.3 Å². The predicted molar refractivity (Wildman–Crippen MR) is 53.5 cm³/mol. The molecule has 0 heterocycles. The molecule has 82 valence electrons. The summed E-state index contributed by atoms with van der Waals surface area (Å²) in [6.45, 7) is 5.46. The van der Waals surface area contributed by atoms with E-state index in [1.165, 1.54) is 0 Å². The van der Waals surface area contributed by atoms with Crippen LogP contribution >= 0.6 is 0 Å². The lowest BCUT2D eigenvalue weighted by Gasteiger charge is -2.04. The summed E-state index contributed by atoms with van der Waals surface area (Å²) in [7, 11) is -3.35. The summed E-state index contributed by atoms with van der Waals surface area (Å²) >= 11 is 0. The lowest BCUT2D eigenvalue weighted by Crippen LogP contribution is -2.27. The molecular formula is C8H15NO4S. The largest absolute Gasteiger partial charge is 0.481 e. The molecule has 0 saturated carbocycles. The van der Waals surface area contributed by atoms with Crippen molar-refractivity contribution in [3.8, 4) is 0 Å². The molecule has 0 aliphatic heterocycles. The third kappa shape index (κ3) is 7.75. The molecule has 5 nitrogen and oxygen atoms in total. The number of carboxylic acid groups (broad SMARTS) is 1. The fourth-order valence-corrected chi connectivity index (χ4v) is 1.85. The van der Waals surface area contributed by atoms with Crippen LogP contribution in [0.1, 0.15) is 19.8 Å². The second-order valence-corrected chi connectivity index (χ2v) is 5.02. The average molecular weight is 221 g/mol. The highest BCUT2D eigenvalue weighted by Gasteiger charge is 2.10. The van der Waals surface area contributed by atoms with E-state index in [-0.39, 0.29) is 25.1 Å². The number of rotatable bonds is 7. The van der Waals surface area contributed by atoms with Gasteiger partial charge in [0.15, 0.2) is 0 Å². The highest BCUT2D eigenvalue weighted by Crippen LogP contribution is 1.95. The molecular weight excluding hydrogens is 206 g/mol. The van der Waals surface area contributed by atoms with Gasteiger partial charge in [0.2, 0.25) is 10.0 Å². The monoisotopic (exact) mass is 221 g/mol. The molecule has 0 rings (SSSR count). The zero-order valence-corrected chi connectivity index (χ0v) is 8.93. The summed E-state index contributed by atoms with van der Waals surface area (Å²) in [4.78, 5) is 10.1. The molecule has 0 aromatic rings. The molecule has 2 N–H and O–H groups in total. The molecule has 0 radical (unpaired) electrons. The van der Waals surface area contributed by atoms with Crippen LogP contribution in [-0.2, 0) is 14.8 Å². The Morgan fingerprint density at radius 2 is 2.07 bits per heavy atom. The van der Waals surface area contributed by atoms with Gasteiger partial charge in [-0.05, 0) is 13.3 Å². The van der Waals surface area contributed by atoms with E-state index in [1.54, 1.807) is 6.92 Å². The maximum absolute atomic E-state index is 11.2. The van der Waals surface area contributed by atoms with Crippen molar-refractivity contribution in [2.45, 2.75) is 19.8 Å². The maximum atomic E-state index is 11.2. The zero-order chi connectivity index (χ0) is 11.2. The second kappa shape index (κ2) is 5.77. The smallest absolute Gasteiger partial charge is 0.303 e. The van der Waals surface area contributed by atoms with E-state index in [0.717, 1.165) is 0 Å². The third-order valence-electron chi connectivity index (χ3n) is 1.40. The normalized spacial score (nSPS) is 11.2. The van der Waals surface area contributed by atoms with Crippen molar-refractivity contribution >= 4 is 16.0 Å². The quantitative estimate of drug-likeness (QED) is 0.607. The van der Waals surface area contributed by atoms with Crippen LogP contribution in [-0.4, -0.2) is 31.8 Å². The summed E-state index contributed by atoms with van der Waals surface area (Å²) in [5.41, 5.74) is 0.715. The van der Waals surface area contributed by atoms with Crippen LogP contribution in [0.2, 0.25) is 0 Å². The number of carbonyl (C=O) groups is 1. The first-order valence-corrected chi connectivity index (χ1v) is 5.82. The van der Waals surface area contributed by atoms with Gasteiger partial charge in [0.05, 0.1) is 5.75 Å². The fraction of sp³-hybridized carbons (Fsp3) is 0.625. The molecule has 0 aliphatic rings. The molecule has 0 aromatic heterocycles. The Labute approximate surface area is 83.9 Å². The standard InChI is InChI=1S/C8H15NO4S/c1-7(2)6-9-14(12,13)5-3-4-8(10)11/h9H,1,3-6H2,2H3,(H,10,11). The highest BCUT2D eigenvalue weighted by atomic mass is 32.2. The lowest BCUT2D eigenvalue weighted by atomic mass is 10.3. The minimum Gasteiger partial charge on any atom is -0.481 e. The molecule has 0 aromatic carbocycles. The number of carboxylic acids is 1. The van der Waals surface area contributed by atoms with E-state index in [1.807, 2.05) is 0 Å². The van der Waals surface area contributed by atoms with Gasteiger partial charge in [0, 0.05) is 13.0 Å². The van der Waals surface area contributed by atoms with Crippen LogP contribution in [0.5, 0.6) is 0 Å². The van der Waals surface area contributed by atoms with Crippen molar-refractivity contribution in [2.24, 2.45) is 0 Å². The average Bonchev–Trinajstić information content (AvgIpc) is 2.00. The minimum absolute atomic E-state index is 0.126. The molecule has 0 amide bonds. The second-order valence-electron chi connectivity index (χ2n) is 3.09. The van der Waals surface area contributed by atoms with Gasteiger partial charge in [-0.25, -0.2) is 13.1 Å². The first-order valence-electron chi connectivity index (χ1n) is 4.17. The van der Waals surface area contributed by atoms with Gasteiger partial charge < -0.3 is 5.11 Å². The van der Waals surface area contributed by atoms with Gasteiger partial charge in [-0.2, -0.15) is 0 Å². The Morgan fingerprint density at radius 1 is 1.50 bits per heavy atom. The molecule has 0 bridgehead atoms. The number of nitrogens with one attached hydrogen (secondary N) is 1. The van der Waals surface area contributed by atoms with Gasteiger partial charge in [-0.15, -0.1) is 0 Å². The Hall–Kier alpha value is -0.880. The molecule has 14 heavy (non-hydrogen) atoms. The number of sulfonamides is 1. The Bertz CT molecular complexity index is 307. The third-order valence-corrected chi connectivity index (χ3v) is 2.81. The van der Waals surface area contributed by atoms with E-state index in [9.17, 15) is 13.2 Å². The van der Waals surface area contributed by atoms with Crippen molar-refractivity contribution in [1.29, 1.82) is 0 Å². The predicted octanol–water partition coefficient (Wildman–Crippen LogP) is 0.347. The highest BCUT2D eigenvalue weighted by molar-refractivity contribution is 7.89. The maximum Gasteiger partial charge on any atom is 0.303 e. The molecule has 0 atom stereocenters. The van der Waals surface area contributed by atoms with Crippen molar-refractivity contribution in [3.63, 3.8) is 0 Å². The molecule has 0 fully saturated rings. The van der Waals surface area contributed by atoms with E-state index in [4.69, 9.17) is 5.11 Å². The van der Waals surface area contributed by atoms with Crippen LogP contribution in [0.4, 0.5) is 0 Å². The zero-order valence-electron chi connectivity index (χ0n) is 8.12. The van der Waals surface area contributed by atoms with Crippen molar-refractivity contribution in [3.05, 3.63) is 12.2 Å². The molecule has 0 unspecified atom stereocenters. The van der Waals surface area contributed by atoms with Crippen molar-refractivity contribution < 1.29 is 18.3 Å². The van der Waals surface area contributed by atoms with Gasteiger partial charge in [-0.1, -0.05) is 12.2 Å². The van der Waals surface area contributed by atoms with Crippen LogP contribution < -0.4 is 4.72 Å². The lowest BCUT2D eigenvalue weighted by molar-refractivity contribution is -0.137. The SMILES string of the molecule is C=C(C)CNS(=O)(=O)CCCC(=O)O. The summed E-state index contributed by atoms with van der Waals surface area (Å²) < 4.78 is 24.7. The number of hydrogen-bond acceptors (Lipinski definition) is 3. The van der Waals surface area contributed by atoms with Gasteiger partial charge in [-0.3, -0.25) is 4.79 Å². The van der Waals surface area contributed by atoms with Crippen LogP contribution in [0.15, 0.2) is 12.2 Å². The van der Waals surface area contributed by atoms with Gasteiger partial charge >= 0.3 is 5.97 Å². The fourth-order valence-electron chi connectivity index (χ4n) is 0.719. The molecule has 0 spiro atoms. The first kappa shape index (κ1) is 13.1. The van der Waals surface area contributed by atoms with E-state index < -0.39 is 16.0 Å². The van der Waals surface area contributed by atoms with Crippen molar-refractivity contribution in [1.82, 2.24) is 4.72 Å². The molecule has 0 saturated heterocycles. The summed E-state index contributed by atoms with van der Waals surface area (Å²) in [5.74, 6) is -1.15. The number of hydrogen-bond donors (Lipinski definition) is 2. The Kier molecular flexibility index (Phi) is 5.40. The molecule has 6 heteroatoms. The summed E-state index contributed by atoms with van der Waals surface area (Å²) in [6, 6.07) is 0. The summed E-state index contributed by atoms with van der Waals surface area (Å²) in [5, 5.41) is 8.30. The van der Waals surface area contributed by atoms with Gasteiger partial charge in [0.1, 0.15) is 0 Å². The van der Waals surface area contributed by atoms with Crippen LogP contribution in [0, 0.1) is 0 Å². The van der Waals surface area contributed by atoms with Crippen LogP contribution in [0.25, 0.3) is 0 Å². The van der Waals surface area contributed by atoms with Crippen LogP contribution in [0.3, 0.4) is 0 Å². The Morgan fingerprint density at radius 3 is 2.50 bits per heavy atom. The number of aliphatic carboxylic acids is 1. The molecule has 0 aliphatic carbocycles. The summed E-state index contributed by atoms with van der Waals surface area (Å²) in [6.07, 6.45) is -0.00512. The minimum atomic E-state index is -3.35. The van der Waals surface area contributed by atoms with E-state index >= 15 is 0 Å². The first-order chi connectivity index (χ1) is 6.33. The van der Waals surface area contributed by atoms with Crippen molar-refractivity contribution in [2.75, 3.05) is 12.3 Å². The van der Waals surface area contributed by atoms with Gasteiger partial charge in [0.25, 0.3) is 0 Å². The Balaban J connectivity index is 3.84. The van der Waals surface area contributed by atoms with E-state index in [0.29, 0.717) is 5.57 Å². The topological polar surface area (TPSA) is 83.5 Å².